The van der Waals surface area contributed by atoms with Crippen LogP contribution in [0.5, 0.6) is 5.75 Å². The van der Waals surface area contributed by atoms with Crippen LogP contribution in [0, 0.1) is 0 Å². The molecule has 1 aromatic rings. The molecular weight excluding hydrogens is 249 g/mol. The summed E-state index contributed by atoms with van der Waals surface area (Å²) in [6, 6.07) is 0. The Kier molecular flexibility index (Phi) is 4.04. The third-order valence-electron chi connectivity index (χ3n) is 1.52. The van der Waals surface area contributed by atoms with E-state index in [-0.39, 0.29) is 16.2 Å². The maximum atomic E-state index is 11.9. The average Bonchev–Trinajstić information content (AvgIpc) is 2.10. The number of nitrogens with zero attached hydrogens (tertiary/aromatic N) is 2. The number of hydrogen-bond acceptors (Lipinski definition) is 3. The molecule has 1 rings (SSSR count). The van der Waals surface area contributed by atoms with Gasteiger partial charge in [-0.2, -0.15) is 8.78 Å². The Morgan fingerprint density at radius 3 is 1.93 bits per heavy atom. The zero-order chi connectivity index (χ0) is 11.6. The molecule has 84 valence electrons. The SMILES string of the molecule is CC(C)c1nc(Cl)c(OC(F)F)c(Cl)n1. The van der Waals surface area contributed by atoms with Crippen LogP contribution in [0.15, 0.2) is 0 Å². The van der Waals surface area contributed by atoms with Gasteiger partial charge in [0.15, 0.2) is 10.3 Å². The van der Waals surface area contributed by atoms with Gasteiger partial charge < -0.3 is 4.74 Å². The standard InChI is InChI=1S/C8H8Cl2F2N2O/c1-3(2)7-13-5(9)4(6(10)14-7)15-8(11)12/h3,8H,1-2H3. The van der Waals surface area contributed by atoms with Gasteiger partial charge in [-0.25, -0.2) is 9.97 Å². The molecular formula is C8H8Cl2F2N2O. The lowest BCUT2D eigenvalue weighted by molar-refractivity contribution is -0.0502. The topological polar surface area (TPSA) is 35.0 Å². The van der Waals surface area contributed by atoms with Crippen molar-refractivity contribution in [1.82, 2.24) is 9.97 Å². The van der Waals surface area contributed by atoms with Crippen molar-refractivity contribution in [3.05, 3.63) is 16.1 Å². The van der Waals surface area contributed by atoms with Crippen LogP contribution in [-0.2, 0) is 0 Å². The normalized spacial score (nSPS) is 11.2. The Balaban J connectivity index is 3.10. The lowest BCUT2D eigenvalue weighted by Gasteiger charge is -2.10. The number of rotatable bonds is 3. The van der Waals surface area contributed by atoms with Crippen LogP contribution >= 0.6 is 23.2 Å². The van der Waals surface area contributed by atoms with Crippen LogP contribution in [0.1, 0.15) is 25.6 Å². The van der Waals surface area contributed by atoms with Crippen molar-refractivity contribution < 1.29 is 13.5 Å². The zero-order valence-corrected chi connectivity index (χ0v) is 9.48. The first kappa shape index (κ1) is 12.4. The molecule has 0 saturated heterocycles. The van der Waals surface area contributed by atoms with Crippen LogP contribution < -0.4 is 4.74 Å². The molecule has 0 spiro atoms. The second-order valence-electron chi connectivity index (χ2n) is 3.03. The van der Waals surface area contributed by atoms with Gasteiger partial charge in [0.1, 0.15) is 5.82 Å². The minimum absolute atomic E-state index is 0.000556. The number of alkyl halides is 2. The summed E-state index contributed by atoms with van der Waals surface area (Å²) in [5, 5.41) is -0.419. The van der Waals surface area contributed by atoms with Gasteiger partial charge in [-0.1, -0.05) is 37.0 Å². The number of halogens is 4. The summed E-state index contributed by atoms with van der Waals surface area (Å²) in [6.45, 7) is 0.652. The van der Waals surface area contributed by atoms with E-state index < -0.39 is 12.4 Å². The van der Waals surface area contributed by atoms with Gasteiger partial charge in [0.25, 0.3) is 0 Å². The van der Waals surface area contributed by atoms with Crippen molar-refractivity contribution in [2.75, 3.05) is 0 Å². The van der Waals surface area contributed by atoms with E-state index in [0.717, 1.165) is 0 Å². The van der Waals surface area contributed by atoms with Crippen LogP contribution in [0.3, 0.4) is 0 Å². The third kappa shape index (κ3) is 3.14. The molecule has 0 aliphatic heterocycles. The molecule has 1 heterocycles. The summed E-state index contributed by atoms with van der Waals surface area (Å²) in [7, 11) is 0. The first-order chi connectivity index (χ1) is 6.91. The summed E-state index contributed by atoms with van der Waals surface area (Å²) in [5.74, 6) is -0.00931. The predicted octanol–water partition coefficient (Wildman–Crippen LogP) is 3.51. The fourth-order valence-corrected chi connectivity index (χ4v) is 1.35. The van der Waals surface area contributed by atoms with Gasteiger partial charge in [-0.3, -0.25) is 0 Å². The van der Waals surface area contributed by atoms with E-state index in [4.69, 9.17) is 23.2 Å². The minimum Gasteiger partial charge on any atom is -0.428 e. The first-order valence-corrected chi connectivity index (χ1v) is 4.85. The molecule has 0 aliphatic rings. The molecule has 0 amide bonds. The maximum Gasteiger partial charge on any atom is 0.387 e. The largest absolute Gasteiger partial charge is 0.428 e. The molecule has 0 N–H and O–H groups in total. The number of hydrogen-bond donors (Lipinski definition) is 0. The Hall–Kier alpha value is -0.680. The van der Waals surface area contributed by atoms with E-state index in [1.54, 1.807) is 0 Å². The highest BCUT2D eigenvalue weighted by atomic mass is 35.5. The van der Waals surface area contributed by atoms with Crippen molar-refractivity contribution in [3.63, 3.8) is 0 Å². The van der Waals surface area contributed by atoms with Crippen molar-refractivity contribution in [1.29, 1.82) is 0 Å². The van der Waals surface area contributed by atoms with Gasteiger partial charge in [-0.15, -0.1) is 0 Å². The molecule has 3 nitrogen and oxygen atoms in total. The van der Waals surface area contributed by atoms with E-state index in [1.807, 2.05) is 13.8 Å². The van der Waals surface area contributed by atoms with Gasteiger partial charge in [-0.05, 0) is 0 Å². The second kappa shape index (κ2) is 4.90. The summed E-state index contributed by atoms with van der Waals surface area (Å²) in [5.41, 5.74) is 0. The van der Waals surface area contributed by atoms with Crippen molar-refractivity contribution in [2.45, 2.75) is 26.4 Å². The fourth-order valence-electron chi connectivity index (χ4n) is 0.857. The van der Waals surface area contributed by atoms with Crippen molar-refractivity contribution >= 4 is 23.2 Å². The van der Waals surface area contributed by atoms with Crippen LogP contribution in [0.4, 0.5) is 8.78 Å². The number of aromatic nitrogens is 2. The molecule has 0 bridgehead atoms. The van der Waals surface area contributed by atoms with Gasteiger partial charge in [0.2, 0.25) is 5.75 Å². The summed E-state index contributed by atoms with van der Waals surface area (Å²) < 4.78 is 28.0. The molecule has 0 unspecified atom stereocenters. The highest BCUT2D eigenvalue weighted by Gasteiger charge is 2.17. The zero-order valence-electron chi connectivity index (χ0n) is 7.97. The predicted molar refractivity (Wildman–Crippen MR) is 52.8 cm³/mol. The highest BCUT2D eigenvalue weighted by Crippen LogP contribution is 2.32. The van der Waals surface area contributed by atoms with Gasteiger partial charge in [0, 0.05) is 5.92 Å². The Morgan fingerprint density at radius 1 is 1.13 bits per heavy atom. The molecule has 0 atom stereocenters. The lowest BCUT2D eigenvalue weighted by atomic mass is 10.2. The second-order valence-corrected chi connectivity index (χ2v) is 3.74. The fraction of sp³-hybridized carbons (Fsp3) is 0.500. The van der Waals surface area contributed by atoms with E-state index in [1.165, 1.54) is 0 Å². The lowest BCUT2D eigenvalue weighted by Crippen LogP contribution is -2.07. The van der Waals surface area contributed by atoms with Crippen molar-refractivity contribution in [3.8, 4) is 5.75 Å². The van der Waals surface area contributed by atoms with Crippen LogP contribution in [0.25, 0.3) is 0 Å². The molecule has 15 heavy (non-hydrogen) atoms. The Morgan fingerprint density at radius 2 is 1.60 bits per heavy atom. The Bertz CT molecular complexity index is 337. The molecule has 0 saturated carbocycles. The van der Waals surface area contributed by atoms with E-state index in [0.29, 0.717) is 5.82 Å². The van der Waals surface area contributed by atoms with Crippen LogP contribution in [0.2, 0.25) is 10.3 Å². The van der Waals surface area contributed by atoms with Crippen LogP contribution in [-0.4, -0.2) is 16.6 Å². The molecule has 0 aliphatic carbocycles. The van der Waals surface area contributed by atoms with E-state index in [2.05, 4.69) is 14.7 Å². The molecule has 0 radical (unpaired) electrons. The van der Waals surface area contributed by atoms with Gasteiger partial charge in [0.05, 0.1) is 0 Å². The first-order valence-electron chi connectivity index (χ1n) is 4.09. The number of ether oxygens (including phenoxy) is 1. The molecule has 1 aromatic heterocycles. The minimum atomic E-state index is -3.01. The maximum absolute atomic E-state index is 11.9. The van der Waals surface area contributed by atoms with E-state index in [9.17, 15) is 8.78 Å². The van der Waals surface area contributed by atoms with Gasteiger partial charge >= 0.3 is 6.61 Å². The average molecular weight is 257 g/mol. The highest BCUT2D eigenvalue weighted by molar-refractivity contribution is 6.35. The van der Waals surface area contributed by atoms with E-state index >= 15 is 0 Å². The third-order valence-corrected chi connectivity index (χ3v) is 2.04. The summed E-state index contributed by atoms with van der Waals surface area (Å²) in [6.07, 6.45) is 0. The quantitative estimate of drug-likeness (QED) is 0.777. The summed E-state index contributed by atoms with van der Waals surface area (Å²) in [4.78, 5) is 7.60. The monoisotopic (exact) mass is 256 g/mol. The molecule has 7 heteroatoms. The summed E-state index contributed by atoms with van der Waals surface area (Å²) >= 11 is 11.3. The Labute approximate surface area is 95.4 Å². The molecule has 0 aromatic carbocycles. The van der Waals surface area contributed by atoms with Crippen molar-refractivity contribution in [2.24, 2.45) is 0 Å². The smallest absolute Gasteiger partial charge is 0.387 e. The molecule has 0 fully saturated rings.